The second-order valence-electron chi connectivity index (χ2n) is 6.92. The molecule has 0 saturated carbocycles. The molecule has 2 rings (SSSR count). The molecule has 0 spiro atoms. The van der Waals surface area contributed by atoms with Gasteiger partial charge in [0.2, 0.25) is 5.91 Å². The van der Waals surface area contributed by atoms with Crippen LogP contribution in [0.1, 0.15) is 46.9 Å². The van der Waals surface area contributed by atoms with Gasteiger partial charge in [0.1, 0.15) is 5.82 Å². The first-order valence-electron chi connectivity index (χ1n) is 9.76. The van der Waals surface area contributed by atoms with Crippen LogP contribution < -0.4 is 21.7 Å². The predicted octanol–water partition coefficient (Wildman–Crippen LogP) is 2.78. The Morgan fingerprint density at radius 3 is 2.39 bits per heavy atom. The summed E-state index contributed by atoms with van der Waals surface area (Å²) >= 11 is 0. The van der Waals surface area contributed by atoms with E-state index < -0.39 is 5.91 Å². The number of hydrogen-bond donors (Lipinski definition) is 4. The number of amides is 2. The van der Waals surface area contributed by atoms with Crippen LogP contribution in [-0.4, -0.2) is 30.9 Å². The van der Waals surface area contributed by atoms with Crippen molar-refractivity contribution in [2.45, 2.75) is 33.4 Å². The molecule has 2 aromatic carbocycles. The number of nitrogens with two attached hydrogens (primary N) is 1. The molecule has 1 unspecified atom stereocenters. The van der Waals surface area contributed by atoms with Crippen LogP contribution in [0.25, 0.3) is 0 Å². The molecule has 0 aromatic heterocycles. The molecular weight excluding hydrogens is 512 g/mol. The molecule has 0 aliphatic rings. The maximum absolute atomic E-state index is 13.8. The van der Waals surface area contributed by atoms with Gasteiger partial charge in [-0.05, 0) is 55.7 Å². The van der Waals surface area contributed by atoms with E-state index in [9.17, 15) is 14.0 Å². The van der Waals surface area contributed by atoms with Crippen molar-refractivity contribution >= 4 is 41.8 Å². The highest BCUT2D eigenvalue weighted by atomic mass is 127. The SMILES string of the molecule is CCNC(=NCc1ccc(C(=O)NCC(N)=O)cc1)NC(C)c1ccc(C)c(F)c1.I. The molecule has 0 aliphatic heterocycles. The summed E-state index contributed by atoms with van der Waals surface area (Å²) in [6, 6.07) is 12.0. The van der Waals surface area contributed by atoms with E-state index in [1.54, 1.807) is 37.3 Å². The highest BCUT2D eigenvalue weighted by Gasteiger charge is 2.10. The maximum atomic E-state index is 13.8. The average Bonchev–Trinajstić information content (AvgIpc) is 2.72. The highest BCUT2D eigenvalue weighted by Crippen LogP contribution is 2.16. The summed E-state index contributed by atoms with van der Waals surface area (Å²) in [6.45, 7) is 6.51. The Morgan fingerprint density at radius 1 is 1.13 bits per heavy atom. The summed E-state index contributed by atoms with van der Waals surface area (Å²) in [4.78, 5) is 27.2. The van der Waals surface area contributed by atoms with Gasteiger partial charge in [-0.3, -0.25) is 9.59 Å². The monoisotopic (exact) mass is 541 g/mol. The Kier molecular flexibility index (Phi) is 10.9. The third-order valence-corrected chi connectivity index (χ3v) is 4.45. The first kappa shape index (κ1) is 26.3. The van der Waals surface area contributed by atoms with Crippen LogP contribution in [0.4, 0.5) is 4.39 Å². The summed E-state index contributed by atoms with van der Waals surface area (Å²) in [5, 5.41) is 8.89. The van der Waals surface area contributed by atoms with Gasteiger partial charge in [-0.2, -0.15) is 0 Å². The number of primary amides is 1. The van der Waals surface area contributed by atoms with E-state index >= 15 is 0 Å². The molecule has 2 aromatic rings. The standard InChI is InChI=1S/C22H28FN5O2.HI/c1-4-25-22(28-15(3)18-8-5-14(2)19(23)11-18)27-12-16-6-9-17(10-7-16)21(30)26-13-20(24)29;/h5-11,15H,4,12-13H2,1-3H3,(H2,24,29)(H,26,30)(H2,25,27,28);1H. The molecular formula is C22H29FIN5O2. The molecule has 1 atom stereocenters. The van der Waals surface area contributed by atoms with Gasteiger partial charge >= 0.3 is 0 Å². The number of halogens is 2. The second-order valence-corrected chi connectivity index (χ2v) is 6.92. The lowest BCUT2D eigenvalue weighted by Crippen LogP contribution is -2.38. The zero-order valence-electron chi connectivity index (χ0n) is 17.9. The lowest BCUT2D eigenvalue weighted by atomic mass is 10.1. The normalized spacial score (nSPS) is 11.8. The van der Waals surface area contributed by atoms with Gasteiger partial charge in [0.25, 0.3) is 5.91 Å². The molecule has 0 aliphatic carbocycles. The smallest absolute Gasteiger partial charge is 0.251 e. The molecule has 5 N–H and O–H groups in total. The van der Waals surface area contributed by atoms with Crippen molar-refractivity contribution in [1.29, 1.82) is 0 Å². The fourth-order valence-electron chi connectivity index (χ4n) is 2.69. The minimum Gasteiger partial charge on any atom is -0.368 e. The van der Waals surface area contributed by atoms with Crippen LogP contribution in [0.15, 0.2) is 47.5 Å². The van der Waals surface area contributed by atoms with E-state index in [0.29, 0.717) is 30.2 Å². The highest BCUT2D eigenvalue weighted by molar-refractivity contribution is 14.0. The number of rotatable bonds is 8. The first-order valence-corrected chi connectivity index (χ1v) is 9.76. The Balaban J connectivity index is 0.00000480. The van der Waals surface area contributed by atoms with E-state index in [1.807, 2.05) is 19.9 Å². The van der Waals surface area contributed by atoms with Gasteiger partial charge in [0.05, 0.1) is 19.1 Å². The summed E-state index contributed by atoms with van der Waals surface area (Å²) in [6.07, 6.45) is 0. The van der Waals surface area contributed by atoms with Crippen LogP contribution in [0.5, 0.6) is 0 Å². The van der Waals surface area contributed by atoms with E-state index in [0.717, 1.165) is 11.1 Å². The molecule has 0 fully saturated rings. The van der Waals surface area contributed by atoms with Crippen molar-refractivity contribution in [3.63, 3.8) is 0 Å². The quantitative estimate of drug-likeness (QED) is 0.234. The number of aryl methyl sites for hydroxylation is 1. The van der Waals surface area contributed by atoms with Gasteiger partial charge in [-0.1, -0.05) is 24.3 Å². The number of guanidine groups is 1. The zero-order valence-corrected chi connectivity index (χ0v) is 20.2. The molecule has 0 saturated heterocycles. The Hall–Kier alpha value is -2.69. The zero-order chi connectivity index (χ0) is 22.1. The van der Waals surface area contributed by atoms with Crippen molar-refractivity contribution in [1.82, 2.24) is 16.0 Å². The van der Waals surface area contributed by atoms with E-state index in [4.69, 9.17) is 5.73 Å². The largest absolute Gasteiger partial charge is 0.368 e. The second kappa shape index (κ2) is 12.9. The lowest BCUT2D eigenvalue weighted by Gasteiger charge is -2.18. The van der Waals surface area contributed by atoms with E-state index in [-0.39, 0.29) is 48.3 Å². The number of hydrogen-bond acceptors (Lipinski definition) is 3. The lowest BCUT2D eigenvalue weighted by molar-refractivity contribution is -0.117. The number of carbonyl (C=O) groups excluding carboxylic acids is 2. The summed E-state index contributed by atoms with van der Waals surface area (Å²) < 4.78 is 13.8. The number of benzene rings is 2. The minimum atomic E-state index is -0.597. The van der Waals surface area contributed by atoms with Gasteiger partial charge in [0.15, 0.2) is 5.96 Å². The van der Waals surface area contributed by atoms with Crippen molar-refractivity contribution in [3.8, 4) is 0 Å². The Morgan fingerprint density at radius 2 is 1.81 bits per heavy atom. The number of nitrogens with zero attached hydrogens (tertiary/aromatic N) is 1. The van der Waals surface area contributed by atoms with Gasteiger partial charge in [-0.25, -0.2) is 9.38 Å². The summed E-state index contributed by atoms with van der Waals surface area (Å²) in [7, 11) is 0. The maximum Gasteiger partial charge on any atom is 0.251 e. The molecule has 31 heavy (non-hydrogen) atoms. The van der Waals surface area contributed by atoms with Crippen LogP contribution >= 0.6 is 24.0 Å². The summed E-state index contributed by atoms with van der Waals surface area (Å²) in [5.74, 6) is -0.587. The van der Waals surface area contributed by atoms with Gasteiger partial charge < -0.3 is 21.7 Å². The Bertz CT molecular complexity index is 919. The van der Waals surface area contributed by atoms with Crippen molar-refractivity contribution in [3.05, 3.63) is 70.5 Å². The van der Waals surface area contributed by atoms with Crippen molar-refractivity contribution in [2.24, 2.45) is 10.7 Å². The van der Waals surface area contributed by atoms with Crippen LogP contribution in [0.2, 0.25) is 0 Å². The molecule has 0 heterocycles. The molecule has 0 radical (unpaired) electrons. The first-order chi connectivity index (χ1) is 14.3. The average molecular weight is 541 g/mol. The minimum absolute atomic E-state index is 0. The predicted molar refractivity (Wildman–Crippen MR) is 131 cm³/mol. The molecule has 9 heteroatoms. The molecule has 7 nitrogen and oxygen atoms in total. The Labute approximate surface area is 199 Å². The topological polar surface area (TPSA) is 109 Å². The molecule has 168 valence electrons. The number of nitrogens with one attached hydrogen (secondary N) is 3. The number of aliphatic imine (C=N–C) groups is 1. The third-order valence-electron chi connectivity index (χ3n) is 4.45. The van der Waals surface area contributed by atoms with E-state index in [2.05, 4.69) is 20.9 Å². The van der Waals surface area contributed by atoms with Crippen LogP contribution in [0.3, 0.4) is 0 Å². The van der Waals surface area contributed by atoms with Gasteiger partial charge in [-0.15, -0.1) is 24.0 Å². The fourth-order valence-corrected chi connectivity index (χ4v) is 2.69. The van der Waals surface area contributed by atoms with E-state index in [1.165, 1.54) is 6.07 Å². The van der Waals surface area contributed by atoms with Crippen molar-refractivity contribution < 1.29 is 14.0 Å². The number of carbonyl (C=O) groups is 2. The molecule has 0 bridgehead atoms. The molecule has 2 amide bonds. The van der Waals surface area contributed by atoms with Crippen LogP contribution in [0, 0.1) is 12.7 Å². The van der Waals surface area contributed by atoms with Gasteiger partial charge in [0, 0.05) is 12.1 Å². The fraction of sp³-hybridized carbons (Fsp3) is 0.318. The van der Waals surface area contributed by atoms with Crippen molar-refractivity contribution in [2.75, 3.05) is 13.1 Å². The third kappa shape index (κ3) is 8.52. The summed E-state index contributed by atoms with van der Waals surface area (Å²) in [5.41, 5.74) is 7.80. The van der Waals surface area contributed by atoms with Crippen LogP contribution in [-0.2, 0) is 11.3 Å².